The highest BCUT2D eigenvalue weighted by Gasteiger charge is 2.33. The Labute approximate surface area is 159 Å². The minimum atomic E-state index is -4.43. The van der Waals surface area contributed by atoms with Gasteiger partial charge in [-0.3, -0.25) is 4.90 Å². The molecular weight excluding hydrogens is 415 g/mol. The molecule has 0 saturated carbocycles. The summed E-state index contributed by atoms with van der Waals surface area (Å²) in [6.07, 6.45) is -2.66. The Morgan fingerprint density at radius 3 is 2.32 bits per heavy atom. The van der Waals surface area contributed by atoms with E-state index in [4.69, 9.17) is 11.6 Å². The first-order chi connectivity index (χ1) is 11.9. The first-order valence-corrected chi connectivity index (χ1v) is 9.58. The Bertz CT molecular complexity index is 661. The summed E-state index contributed by atoms with van der Waals surface area (Å²) in [6.45, 7) is 1.97. The van der Waals surface area contributed by atoms with Crippen LogP contribution in [0.1, 0.15) is 23.1 Å². The second-order valence-electron chi connectivity index (χ2n) is 5.83. The van der Waals surface area contributed by atoms with E-state index in [-0.39, 0.29) is 5.02 Å². The van der Waals surface area contributed by atoms with Gasteiger partial charge >= 0.3 is 6.18 Å². The fourth-order valence-corrected chi connectivity index (χ4v) is 3.19. The topological polar surface area (TPSA) is 3.24 Å². The van der Waals surface area contributed by atoms with Crippen molar-refractivity contribution in [1.29, 1.82) is 0 Å². The van der Waals surface area contributed by atoms with Crippen molar-refractivity contribution in [3.05, 3.63) is 70.2 Å². The molecule has 0 heterocycles. The molecule has 2 rings (SSSR count). The molecule has 0 saturated heterocycles. The lowest BCUT2D eigenvalue weighted by molar-refractivity contribution is -0.137. The summed E-state index contributed by atoms with van der Waals surface area (Å²) in [7, 11) is 0. The van der Waals surface area contributed by atoms with Crippen molar-refractivity contribution in [3.8, 4) is 0 Å². The quantitative estimate of drug-likeness (QED) is 0.448. The lowest BCUT2D eigenvalue weighted by Gasteiger charge is -2.23. The van der Waals surface area contributed by atoms with Crippen molar-refractivity contribution in [2.75, 3.05) is 18.4 Å². The van der Waals surface area contributed by atoms with Gasteiger partial charge in [0.2, 0.25) is 0 Å². The van der Waals surface area contributed by atoms with E-state index in [1.807, 2.05) is 18.2 Å². The lowest BCUT2D eigenvalue weighted by Crippen LogP contribution is -2.27. The number of halogens is 5. The van der Waals surface area contributed by atoms with Crippen LogP contribution < -0.4 is 0 Å². The molecule has 0 unspecified atom stereocenters. The number of hydrogen-bond donors (Lipinski definition) is 0. The second kappa shape index (κ2) is 9.60. The van der Waals surface area contributed by atoms with Crippen LogP contribution in [0.15, 0.2) is 48.5 Å². The van der Waals surface area contributed by atoms with E-state index < -0.39 is 11.7 Å². The number of alkyl halides is 4. The van der Waals surface area contributed by atoms with Crippen LogP contribution >= 0.6 is 27.5 Å². The summed E-state index contributed by atoms with van der Waals surface area (Å²) in [5.41, 5.74) is 0.954. The van der Waals surface area contributed by atoms with E-state index in [0.717, 1.165) is 37.3 Å². The highest BCUT2D eigenvalue weighted by molar-refractivity contribution is 9.09. The summed E-state index contributed by atoms with van der Waals surface area (Å²) in [4.78, 5) is 2.15. The molecule has 0 spiro atoms. The molecule has 0 aliphatic heterocycles. The van der Waals surface area contributed by atoms with Crippen LogP contribution in [0.4, 0.5) is 13.2 Å². The molecule has 0 aliphatic carbocycles. The predicted octanol–water partition coefficient (Wildman–Crippen LogP) is 6.19. The molecule has 0 N–H and O–H groups in total. The van der Waals surface area contributed by atoms with Crippen LogP contribution in [-0.4, -0.2) is 23.3 Å². The molecule has 0 radical (unpaired) electrons. The minimum absolute atomic E-state index is 0.196. The van der Waals surface area contributed by atoms with Gasteiger partial charge in [-0.05, 0) is 36.6 Å². The van der Waals surface area contributed by atoms with Gasteiger partial charge < -0.3 is 0 Å². The van der Waals surface area contributed by atoms with Crippen LogP contribution in [0.2, 0.25) is 5.02 Å². The zero-order valence-electron chi connectivity index (χ0n) is 13.7. The molecule has 0 atom stereocenters. The maximum Gasteiger partial charge on any atom is 0.417 e. The van der Waals surface area contributed by atoms with Crippen molar-refractivity contribution in [2.24, 2.45) is 0 Å². The van der Waals surface area contributed by atoms with E-state index >= 15 is 0 Å². The van der Waals surface area contributed by atoms with Gasteiger partial charge in [0, 0.05) is 18.4 Å². The predicted molar refractivity (Wildman–Crippen MR) is 100 cm³/mol. The van der Waals surface area contributed by atoms with Crippen LogP contribution in [0, 0.1) is 0 Å². The Kier molecular flexibility index (Phi) is 7.79. The average molecular weight is 435 g/mol. The first kappa shape index (κ1) is 20.3. The monoisotopic (exact) mass is 433 g/mol. The minimum Gasteiger partial charge on any atom is -0.299 e. The summed E-state index contributed by atoms with van der Waals surface area (Å²) in [5.74, 6) is 0. The molecule has 0 bridgehead atoms. The normalized spacial score (nSPS) is 11.9. The standard InChI is InChI=1S/C19H20BrClF3N/c20-11-5-12-25(13-10-15-6-2-1-3-7-15)14-16-8-4-9-17(18(16)21)19(22,23)24/h1-4,6-9H,5,10-14H2. The van der Waals surface area contributed by atoms with Crippen LogP contribution in [0.5, 0.6) is 0 Å². The first-order valence-electron chi connectivity index (χ1n) is 8.08. The van der Waals surface area contributed by atoms with Gasteiger partial charge in [-0.1, -0.05) is 70.0 Å². The van der Waals surface area contributed by atoms with Crippen molar-refractivity contribution in [3.63, 3.8) is 0 Å². The van der Waals surface area contributed by atoms with E-state index in [9.17, 15) is 13.2 Å². The molecule has 6 heteroatoms. The van der Waals surface area contributed by atoms with Crippen LogP contribution in [0.25, 0.3) is 0 Å². The summed E-state index contributed by atoms with van der Waals surface area (Å²) in [5, 5.41) is 0.657. The van der Waals surface area contributed by atoms with Crippen LogP contribution in [0.3, 0.4) is 0 Å². The molecule has 2 aromatic carbocycles. The summed E-state index contributed by atoms with van der Waals surface area (Å²) in [6, 6.07) is 14.2. The number of nitrogens with zero attached hydrogens (tertiary/aromatic N) is 1. The van der Waals surface area contributed by atoms with E-state index in [2.05, 4.69) is 33.0 Å². The fourth-order valence-electron chi connectivity index (χ4n) is 2.65. The SMILES string of the molecule is FC(F)(F)c1cccc(CN(CCCBr)CCc2ccccc2)c1Cl. The molecule has 136 valence electrons. The lowest BCUT2D eigenvalue weighted by atomic mass is 10.1. The van der Waals surface area contributed by atoms with Crippen molar-refractivity contribution in [2.45, 2.75) is 25.6 Å². The maximum atomic E-state index is 13.0. The van der Waals surface area contributed by atoms with E-state index in [0.29, 0.717) is 12.1 Å². The van der Waals surface area contributed by atoms with Gasteiger partial charge in [-0.2, -0.15) is 13.2 Å². The molecule has 0 fully saturated rings. The second-order valence-corrected chi connectivity index (χ2v) is 7.00. The smallest absolute Gasteiger partial charge is 0.299 e. The summed E-state index contributed by atoms with van der Waals surface area (Å²) < 4.78 is 39.1. The van der Waals surface area contributed by atoms with Gasteiger partial charge in [-0.15, -0.1) is 0 Å². The third kappa shape index (κ3) is 6.32. The summed E-state index contributed by atoms with van der Waals surface area (Å²) >= 11 is 9.44. The van der Waals surface area contributed by atoms with Gasteiger partial charge in [0.05, 0.1) is 10.6 Å². The van der Waals surface area contributed by atoms with E-state index in [1.165, 1.54) is 11.6 Å². The Morgan fingerprint density at radius 2 is 1.68 bits per heavy atom. The van der Waals surface area contributed by atoms with E-state index in [1.54, 1.807) is 6.07 Å². The maximum absolute atomic E-state index is 13.0. The Hall–Kier alpha value is -1.04. The van der Waals surface area contributed by atoms with Crippen molar-refractivity contribution in [1.82, 2.24) is 4.90 Å². The number of benzene rings is 2. The van der Waals surface area contributed by atoms with Gasteiger partial charge in [0.25, 0.3) is 0 Å². The zero-order chi connectivity index (χ0) is 18.3. The van der Waals surface area contributed by atoms with Crippen molar-refractivity contribution < 1.29 is 13.2 Å². The highest BCUT2D eigenvalue weighted by atomic mass is 79.9. The molecule has 0 amide bonds. The van der Waals surface area contributed by atoms with Gasteiger partial charge in [0.15, 0.2) is 0 Å². The fraction of sp³-hybridized carbons (Fsp3) is 0.368. The average Bonchev–Trinajstić information content (AvgIpc) is 2.58. The number of hydrogen-bond acceptors (Lipinski definition) is 1. The van der Waals surface area contributed by atoms with Gasteiger partial charge in [-0.25, -0.2) is 0 Å². The molecule has 25 heavy (non-hydrogen) atoms. The molecule has 0 aromatic heterocycles. The van der Waals surface area contributed by atoms with Crippen LogP contribution in [-0.2, 0) is 19.1 Å². The molecule has 1 nitrogen and oxygen atoms in total. The molecular formula is C19H20BrClF3N. The molecule has 2 aromatic rings. The Balaban J connectivity index is 2.11. The largest absolute Gasteiger partial charge is 0.417 e. The molecule has 0 aliphatic rings. The number of rotatable bonds is 8. The third-order valence-corrected chi connectivity index (χ3v) is 4.95. The zero-order valence-corrected chi connectivity index (χ0v) is 16.0. The Morgan fingerprint density at radius 1 is 0.960 bits per heavy atom. The third-order valence-electron chi connectivity index (χ3n) is 3.95. The van der Waals surface area contributed by atoms with Crippen molar-refractivity contribution >= 4 is 27.5 Å². The highest BCUT2D eigenvalue weighted by Crippen LogP contribution is 2.36. The van der Waals surface area contributed by atoms with Gasteiger partial charge in [0.1, 0.15) is 0 Å².